The summed E-state index contributed by atoms with van der Waals surface area (Å²) in [5, 5.41) is 4.54. The highest BCUT2D eigenvalue weighted by Gasteiger charge is 2.12. The van der Waals surface area contributed by atoms with Crippen LogP contribution in [0.15, 0.2) is 16.7 Å². The quantitative estimate of drug-likeness (QED) is 0.872. The molecule has 0 amide bonds. The van der Waals surface area contributed by atoms with Gasteiger partial charge in [0.1, 0.15) is 0 Å². The first-order valence-corrected chi connectivity index (χ1v) is 5.29. The third-order valence-electron chi connectivity index (χ3n) is 2.52. The highest BCUT2D eigenvalue weighted by molar-refractivity contribution is 6.31. The van der Waals surface area contributed by atoms with Crippen molar-refractivity contribution >= 4 is 11.6 Å². The second-order valence-electron chi connectivity index (χ2n) is 3.61. The van der Waals surface area contributed by atoms with Gasteiger partial charge in [0.15, 0.2) is 0 Å². The summed E-state index contributed by atoms with van der Waals surface area (Å²) >= 11 is 6.00. The maximum Gasteiger partial charge on any atom is 0.240 e. The van der Waals surface area contributed by atoms with Gasteiger partial charge in [0.25, 0.3) is 0 Å². The Morgan fingerprint density at radius 3 is 2.75 bits per heavy atom. The van der Waals surface area contributed by atoms with Crippen LogP contribution in [0.2, 0.25) is 5.02 Å². The molecule has 0 radical (unpaired) electrons. The van der Waals surface area contributed by atoms with Gasteiger partial charge in [-0.3, -0.25) is 0 Å². The molecule has 16 heavy (non-hydrogen) atoms. The lowest BCUT2D eigenvalue weighted by Crippen LogP contribution is -1.96. The predicted octanol–water partition coefficient (Wildman–Crippen LogP) is 2.47. The Balaban J connectivity index is 2.54. The third-order valence-corrected chi connectivity index (χ3v) is 2.73. The highest BCUT2D eigenvalue weighted by Crippen LogP contribution is 2.27. The van der Waals surface area contributed by atoms with Crippen molar-refractivity contribution in [3.8, 4) is 11.4 Å². The Morgan fingerprint density at radius 2 is 2.12 bits per heavy atom. The van der Waals surface area contributed by atoms with Crippen molar-refractivity contribution in [2.45, 2.75) is 20.4 Å². The van der Waals surface area contributed by atoms with Gasteiger partial charge in [-0.05, 0) is 37.1 Å². The van der Waals surface area contributed by atoms with Crippen LogP contribution in [0.3, 0.4) is 0 Å². The lowest BCUT2D eigenvalue weighted by molar-refractivity contribution is 0.380. The molecule has 2 N–H and O–H groups in total. The molecule has 2 aromatic rings. The van der Waals surface area contributed by atoms with Crippen molar-refractivity contribution in [3.63, 3.8) is 0 Å². The molecule has 4 nitrogen and oxygen atoms in total. The van der Waals surface area contributed by atoms with Crippen molar-refractivity contribution in [1.29, 1.82) is 0 Å². The van der Waals surface area contributed by atoms with Gasteiger partial charge in [0.2, 0.25) is 11.7 Å². The number of aryl methyl sites for hydroxylation is 1. The van der Waals surface area contributed by atoms with E-state index in [0.717, 1.165) is 16.7 Å². The summed E-state index contributed by atoms with van der Waals surface area (Å²) in [6.07, 6.45) is 0. The molecule has 1 aromatic heterocycles. The SMILES string of the molecule is Cc1cc(Cl)cc(-c2noc(CN)n2)c1C. The minimum atomic E-state index is 0.242. The summed E-state index contributed by atoms with van der Waals surface area (Å²) in [6, 6.07) is 3.74. The van der Waals surface area contributed by atoms with E-state index in [0.29, 0.717) is 16.7 Å². The average molecular weight is 238 g/mol. The largest absolute Gasteiger partial charge is 0.338 e. The summed E-state index contributed by atoms with van der Waals surface area (Å²) in [7, 11) is 0. The van der Waals surface area contributed by atoms with Crippen molar-refractivity contribution in [3.05, 3.63) is 34.2 Å². The smallest absolute Gasteiger partial charge is 0.240 e. The van der Waals surface area contributed by atoms with Gasteiger partial charge in [-0.2, -0.15) is 4.98 Å². The lowest BCUT2D eigenvalue weighted by Gasteiger charge is -2.05. The second kappa shape index (κ2) is 4.23. The van der Waals surface area contributed by atoms with Gasteiger partial charge >= 0.3 is 0 Å². The average Bonchev–Trinajstić information content (AvgIpc) is 2.71. The van der Waals surface area contributed by atoms with Crippen LogP contribution in [0.4, 0.5) is 0 Å². The molecule has 0 saturated carbocycles. The van der Waals surface area contributed by atoms with Gasteiger partial charge in [-0.1, -0.05) is 16.8 Å². The maximum absolute atomic E-state index is 6.00. The number of hydrogen-bond acceptors (Lipinski definition) is 4. The summed E-state index contributed by atoms with van der Waals surface area (Å²) in [4.78, 5) is 4.18. The van der Waals surface area contributed by atoms with Gasteiger partial charge in [-0.25, -0.2) is 0 Å². The molecular formula is C11H12ClN3O. The third kappa shape index (κ3) is 1.94. The van der Waals surface area contributed by atoms with Crippen LogP contribution in [-0.4, -0.2) is 10.1 Å². The zero-order chi connectivity index (χ0) is 11.7. The molecule has 84 valence electrons. The first-order chi connectivity index (χ1) is 7.61. The van der Waals surface area contributed by atoms with Gasteiger partial charge in [-0.15, -0.1) is 0 Å². The van der Waals surface area contributed by atoms with Gasteiger partial charge < -0.3 is 10.3 Å². The van der Waals surface area contributed by atoms with Crippen molar-refractivity contribution in [2.75, 3.05) is 0 Å². The molecule has 0 bridgehead atoms. The van der Waals surface area contributed by atoms with Crippen molar-refractivity contribution in [1.82, 2.24) is 10.1 Å². The predicted molar refractivity (Wildman–Crippen MR) is 62.1 cm³/mol. The maximum atomic E-state index is 6.00. The highest BCUT2D eigenvalue weighted by atomic mass is 35.5. The number of benzene rings is 1. The summed E-state index contributed by atoms with van der Waals surface area (Å²) in [5.74, 6) is 0.954. The molecule has 0 aliphatic heterocycles. The van der Waals surface area contributed by atoms with Crippen LogP contribution in [-0.2, 0) is 6.54 Å². The van der Waals surface area contributed by atoms with E-state index in [1.807, 2.05) is 26.0 Å². The molecule has 0 atom stereocenters. The minimum Gasteiger partial charge on any atom is -0.338 e. The van der Waals surface area contributed by atoms with Crippen LogP contribution in [0.1, 0.15) is 17.0 Å². The van der Waals surface area contributed by atoms with Gasteiger partial charge in [0, 0.05) is 10.6 Å². The van der Waals surface area contributed by atoms with E-state index in [1.165, 1.54) is 0 Å². The normalized spacial score (nSPS) is 10.8. The Kier molecular flexibility index (Phi) is 2.94. The van der Waals surface area contributed by atoms with E-state index < -0.39 is 0 Å². The fraction of sp³-hybridized carbons (Fsp3) is 0.273. The standard InChI is InChI=1S/C11H12ClN3O/c1-6-3-8(12)4-9(7(6)2)11-14-10(5-13)16-15-11/h3-4H,5,13H2,1-2H3. The van der Waals surface area contributed by atoms with E-state index in [1.54, 1.807) is 0 Å². The molecule has 2 rings (SSSR count). The number of nitrogens with zero attached hydrogens (tertiary/aromatic N) is 2. The van der Waals surface area contributed by atoms with Crippen molar-refractivity contribution < 1.29 is 4.52 Å². The number of halogens is 1. The second-order valence-corrected chi connectivity index (χ2v) is 4.05. The molecule has 0 aliphatic carbocycles. The van der Waals surface area contributed by atoms with E-state index in [9.17, 15) is 0 Å². The van der Waals surface area contributed by atoms with E-state index in [2.05, 4.69) is 10.1 Å². The van der Waals surface area contributed by atoms with Crippen LogP contribution in [0, 0.1) is 13.8 Å². The first kappa shape index (κ1) is 11.1. The van der Waals surface area contributed by atoms with E-state index >= 15 is 0 Å². The zero-order valence-electron chi connectivity index (χ0n) is 9.12. The van der Waals surface area contributed by atoms with Crippen LogP contribution in [0.25, 0.3) is 11.4 Å². The number of nitrogens with two attached hydrogens (primary N) is 1. The molecule has 1 heterocycles. The van der Waals surface area contributed by atoms with E-state index in [4.69, 9.17) is 21.9 Å². The molecular weight excluding hydrogens is 226 g/mol. The fourth-order valence-electron chi connectivity index (χ4n) is 1.49. The number of rotatable bonds is 2. The lowest BCUT2D eigenvalue weighted by atomic mass is 10.0. The molecule has 0 unspecified atom stereocenters. The summed E-state index contributed by atoms with van der Waals surface area (Å²) in [6.45, 7) is 4.24. The van der Waals surface area contributed by atoms with Crippen LogP contribution in [0.5, 0.6) is 0 Å². The Bertz CT molecular complexity index is 522. The Hall–Kier alpha value is -1.39. The number of aromatic nitrogens is 2. The zero-order valence-corrected chi connectivity index (χ0v) is 9.88. The van der Waals surface area contributed by atoms with Gasteiger partial charge in [0.05, 0.1) is 6.54 Å². The summed E-state index contributed by atoms with van der Waals surface area (Å²) < 4.78 is 4.97. The molecule has 0 fully saturated rings. The topological polar surface area (TPSA) is 64.9 Å². The first-order valence-electron chi connectivity index (χ1n) is 4.91. The van der Waals surface area contributed by atoms with Crippen LogP contribution >= 0.6 is 11.6 Å². The monoisotopic (exact) mass is 237 g/mol. The fourth-order valence-corrected chi connectivity index (χ4v) is 1.77. The summed E-state index contributed by atoms with van der Waals surface area (Å²) in [5.41, 5.74) is 8.49. The number of hydrogen-bond donors (Lipinski definition) is 1. The van der Waals surface area contributed by atoms with Crippen LogP contribution < -0.4 is 5.73 Å². The van der Waals surface area contributed by atoms with E-state index in [-0.39, 0.29) is 6.54 Å². The minimum absolute atomic E-state index is 0.242. The Morgan fingerprint density at radius 1 is 1.38 bits per heavy atom. The molecule has 0 aliphatic rings. The Labute approximate surface area is 98.4 Å². The molecule has 5 heteroatoms. The molecule has 1 aromatic carbocycles. The molecule has 0 saturated heterocycles. The van der Waals surface area contributed by atoms with Crippen molar-refractivity contribution in [2.24, 2.45) is 5.73 Å². The molecule has 0 spiro atoms.